The molecule has 0 atom stereocenters. The number of nitro groups is 1. The summed E-state index contributed by atoms with van der Waals surface area (Å²) in [6.07, 6.45) is 2.48. The van der Waals surface area contributed by atoms with E-state index in [1.807, 2.05) is 0 Å². The van der Waals surface area contributed by atoms with Crippen LogP contribution in [0.1, 0.15) is 29.6 Å². The number of benzene rings is 1. The smallest absolute Gasteiger partial charge is 0.292 e. The van der Waals surface area contributed by atoms with E-state index in [0.29, 0.717) is 5.56 Å². The second-order valence-corrected chi connectivity index (χ2v) is 4.99. The van der Waals surface area contributed by atoms with Crippen molar-refractivity contribution < 1.29 is 14.8 Å². The number of aliphatic hydroxyl groups is 1. The van der Waals surface area contributed by atoms with E-state index in [2.05, 4.69) is 10.6 Å². The van der Waals surface area contributed by atoms with Gasteiger partial charge >= 0.3 is 0 Å². The number of anilines is 1. The van der Waals surface area contributed by atoms with E-state index in [1.54, 1.807) is 0 Å². The molecule has 20 heavy (non-hydrogen) atoms. The van der Waals surface area contributed by atoms with Crippen molar-refractivity contribution >= 4 is 17.3 Å². The zero-order valence-electron chi connectivity index (χ0n) is 11.2. The zero-order valence-corrected chi connectivity index (χ0v) is 11.2. The lowest BCUT2D eigenvalue weighted by Gasteiger charge is -2.41. The molecule has 1 aromatic carbocycles. The monoisotopic (exact) mass is 279 g/mol. The Balaban J connectivity index is 2.36. The molecule has 0 aliphatic heterocycles. The third kappa shape index (κ3) is 2.57. The minimum absolute atomic E-state index is 0.0889. The first-order valence-corrected chi connectivity index (χ1v) is 6.41. The van der Waals surface area contributed by atoms with Crippen LogP contribution in [0.15, 0.2) is 18.2 Å². The Kier molecular flexibility index (Phi) is 3.89. The Morgan fingerprint density at radius 1 is 1.50 bits per heavy atom. The summed E-state index contributed by atoms with van der Waals surface area (Å²) < 4.78 is 0. The topological polar surface area (TPSA) is 104 Å². The quantitative estimate of drug-likeness (QED) is 0.556. The van der Waals surface area contributed by atoms with Crippen LogP contribution in [-0.4, -0.2) is 35.1 Å². The van der Waals surface area contributed by atoms with Gasteiger partial charge in [0, 0.05) is 18.7 Å². The van der Waals surface area contributed by atoms with Gasteiger partial charge in [0.1, 0.15) is 5.69 Å². The third-order valence-corrected chi connectivity index (χ3v) is 3.70. The Morgan fingerprint density at radius 3 is 2.65 bits per heavy atom. The second kappa shape index (κ2) is 5.46. The number of carbonyl (C=O) groups excluding carboxylic acids is 1. The van der Waals surface area contributed by atoms with Crippen molar-refractivity contribution in [1.82, 2.24) is 5.32 Å². The first kappa shape index (κ1) is 14.3. The van der Waals surface area contributed by atoms with Gasteiger partial charge in [0.2, 0.25) is 0 Å². The van der Waals surface area contributed by atoms with Crippen LogP contribution in [0.25, 0.3) is 0 Å². The molecule has 7 heteroatoms. The summed E-state index contributed by atoms with van der Waals surface area (Å²) in [6.45, 7) is -0.0889. The Hall–Kier alpha value is -2.15. The van der Waals surface area contributed by atoms with Crippen molar-refractivity contribution in [3.8, 4) is 0 Å². The fourth-order valence-electron chi connectivity index (χ4n) is 2.29. The number of nitrogens with one attached hydrogen (secondary N) is 2. The van der Waals surface area contributed by atoms with Gasteiger partial charge in [-0.2, -0.15) is 0 Å². The lowest BCUT2D eigenvalue weighted by molar-refractivity contribution is -0.384. The molecular formula is C13H17N3O4. The second-order valence-electron chi connectivity index (χ2n) is 4.99. The molecule has 1 aliphatic carbocycles. The molecular weight excluding hydrogens is 262 g/mol. The van der Waals surface area contributed by atoms with Crippen molar-refractivity contribution in [2.45, 2.75) is 24.8 Å². The van der Waals surface area contributed by atoms with E-state index in [1.165, 1.54) is 25.2 Å². The summed E-state index contributed by atoms with van der Waals surface area (Å²) in [7, 11) is 1.50. The van der Waals surface area contributed by atoms with Crippen LogP contribution in [-0.2, 0) is 0 Å². The first-order valence-electron chi connectivity index (χ1n) is 6.41. The summed E-state index contributed by atoms with van der Waals surface area (Å²) in [4.78, 5) is 22.2. The Morgan fingerprint density at radius 2 is 2.20 bits per heavy atom. The maximum Gasteiger partial charge on any atom is 0.292 e. The highest BCUT2D eigenvalue weighted by atomic mass is 16.6. The number of carbonyl (C=O) groups is 1. The molecule has 0 aromatic heterocycles. The summed E-state index contributed by atoms with van der Waals surface area (Å²) in [5.74, 6) is -0.311. The molecule has 3 N–H and O–H groups in total. The SMILES string of the molecule is CNC(=O)c1ccc([N+](=O)[O-])c(NC2(CO)CCC2)c1. The van der Waals surface area contributed by atoms with Crippen molar-refractivity contribution in [3.05, 3.63) is 33.9 Å². The van der Waals surface area contributed by atoms with Crippen molar-refractivity contribution in [2.75, 3.05) is 19.0 Å². The van der Waals surface area contributed by atoms with Gasteiger partial charge in [-0.3, -0.25) is 14.9 Å². The molecule has 108 valence electrons. The van der Waals surface area contributed by atoms with Gasteiger partial charge in [-0.25, -0.2) is 0 Å². The van der Waals surface area contributed by atoms with E-state index in [4.69, 9.17) is 0 Å². The van der Waals surface area contributed by atoms with E-state index >= 15 is 0 Å². The van der Waals surface area contributed by atoms with E-state index < -0.39 is 10.5 Å². The van der Waals surface area contributed by atoms with Gasteiger partial charge in [-0.15, -0.1) is 0 Å². The summed E-state index contributed by atoms with van der Waals surface area (Å²) in [5.41, 5.74) is 0.00162. The van der Waals surface area contributed by atoms with Crippen LogP contribution in [0.2, 0.25) is 0 Å². The molecule has 1 aromatic rings. The molecule has 1 saturated carbocycles. The number of amides is 1. The van der Waals surface area contributed by atoms with Crippen LogP contribution in [0, 0.1) is 10.1 Å². The van der Waals surface area contributed by atoms with Gasteiger partial charge in [0.15, 0.2) is 0 Å². The first-order chi connectivity index (χ1) is 9.51. The zero-order chi connectivity index (χ0) is 14.8. The number of aliphatic hydroxyl groups excluding tert-OH is 1. The number of hydrogen-bond donors (Lipinski definition) is 3. The molecule has 0 saturated heterocycles. The van der Waals surface area contributed by atoms with Crippen molar-refractivity contribution in [1.29, 1.82) is 0 Å². The minimum atomic E-state index is -0.508. The van der Waals surface area contributed by atoms with Crippen LogP contribution in [0.3, 0.4) is 0 Å². The normalized spacial score (nSPS) is 16.1. The lowest BCUT2D eigenvalue weighted by Crippen LogP contribution is -2.48. The van der Waals surface area contributed by atoms with Crippen LogP contribution in [0.4, 0.5) is 11.4 Å². The molecule has 0 heterocycles. The van der Waals surface area contributed by atoms with E-state index in [9.17, 15) is 20.0 Å². The van der Waals surface area contributed by atoms with Crippen LogP contribution in [0.5, 0.6) is 0 Å². The fourth-order valence-corrected chi connectivity index (χ4v) is 2.29. The van der Waals surface area contributed by atoms with Crippen molar-refractivity contribution in [2.24, 2.45) is 0 Å². The largest absolute Gasteiger partial charge is 0.394 e. The Bertz CT molecular complexity index is 535. The molecule has 0 radical (unpaired) electrons. The summed E-state index contributed by atoms with van der Waals surface area (Å²) in [6, 6.07) is 4.16. The lowest BCUT2D eigenvalue weighted by atomic mass is 9.77. The fraction of sp³-hybridized carbons (Fsp3) is 0.462. The van der Waals surface area contributed by atoms with Gasteiger partial charge in [0.25, 0.3) is 11.6 Å². The van der Waals surface area contributed by atoms with Crippen LogP contribution >= 0.6 is 0 Å². The van der Waals surface area contributed by atoms with Crippen LogP contribution < -0.4 is 10.6 Å². The van der Waals surface area contributed by atoms with Gasteiger partial charge < -0.3 is 15.7 Å². The maximum absolute atomic E-state index is 11.6. The molecule has 2 rings (SSSR count). The van der Waals surface area contributed by atoms with E-state index in [0.717, 1.165) is 19.3 Å². The van der Waals surface area contributed by atoms with Gasteiger partial charge in [-0.1, -0.05) is 0 Å². The highest BCUT2D eigenvalue weighted by Crippen LogP contribution is 2.37. The number of hydrogen-bond acceptors (Lipinski definition) is 5. The summed E-state index contributed by atoms with van der Waals surface area (Å²) >= 11 is 0. The molecule has 1 aliphatic rings. The predicted octanol–water partition coefficient (Wildman–Crippen LogP) is 1.28. The number of rotatable bonds is 5. The van der Waals surface area contributed by atoms with Gasteiger partial charge in [-0.05, 0) is 31.4 Å². The molecule has 0 unspecified atom stereocenters. The highest BCUT2D eigenvalue weighted by molar-refractivity contribution is 5.95. The number of nitrogens with zero attached hydrogens (tertiary/aromatic N) is 1. The minimum Gasteiger partial charge on any atom is -0.394 e. The Labute approximate surface area is 116 Å². The average molecular weight is 279 g/mol. The molecule has 0 bridgehead atoms. The third-order valence-electron chi connectivity index (χ3n) is 3.70. The maximum atomic E-state index is 11.6. The average Bonchev–Trinajstić information content (AvgIpc) is 2.41. The molecule has 1 fully saturated rings. The molecule has 1 amide bonds. The standard InChI is InChI=1S/C13H17N3O4/c1-14-12(18)9-3-4-11(16(19)20)10(7-9)15-13(8-17)5-2-6-13/h3-4,7,15,17H,2,5-6,8H2,1H3,(H,14,18). The molecule has 0 spiro atoms. The van der Waals surface area contributed by atoms with Gasteiger partial charge in [0.05, 0.1) is 17.1 Å². The molecule has 7 nitrogen and oxygen atoms in total. The highest BCUT2D eigenvalue weighted by Gasteiger charge is 2.37. The number of nitro benzene ring substituents is 1. The summed E-state index contributed by atoms with van der Waals surface area (Å²) in [5, 5.41) is 26.0. The van der Waals surface area contributed by atoms with Crippen molar-refractivity contribution in [3.63, 3.8) is 0 Å². The predicted molar refractivity (Wildman–Crippen MR) is 73.8 cm³/mol. The van der Waals surface area contributed by atoms with E-state index in [-0.39, 0.29) is 23.9 Å².